The molecule has 0 aliphatic carbocycles. The van der Waals surface area contributed by atoms with Gasteiger partial charge in [-0.1, -0.05) is 11.2 Å². The van der Waals surface area contributed by atoms with Gasteiger partial charge in [0, 0.05) is 24.0 Å². The van der Waals surface area contributed by atoms with Gasteiger partial charge in [-0.15, -0.1) is 0 Å². The maximum absolute atomic E-state index is 12.7. The van der Waals surface area contributed by atoms with Crippen LogP contribution in [-0.4, -0.2) is 64.1 Å². The molecule has 2 N–H and O–H groups in total. The van der Waals surface area contributed by atoms with Gasteiger partial charge in [0.1, 0.15) is 5.69 Å². The number of amides is 1. The van der Waals surface area contributed by atoms with E-state index in [0.717, 1.165) is 22.2 Å². The van der Waals surface area contributed by atoms with Crippen LogP contribution in [0, 0.1) is 6.92 Å². The fraction of sp³-hybridized carbons (Fsp3) is 0.400. The summed E-state index contributed by atoms with van der Waals surface area (Å²) in [6.07, 6.45) is 0. The number of aromatic amines is 1. The maximum atomic E-state index is 12.7. The fourth-order valence-corrected chi connectivity index (χ4v) is 3.84. The van der Waals surface area contributed by atoms with Crippen molar-refractivity contribution in [3.05, 3.63) is 35.7 Å². The molecule has 0 bridgehead atoms. The maximum Gasteiger partial charge on any atom is 0.289 e. The van der Waals surface area contributed by atoms with Crippen molar-refractivity contribution >= 4 is 22.6 Å². The fourth-order valence-electron chi connectivity index (χ4n) is 3.84. The van der Waals surface area contributed by atoms with Crippen molar-refractivity contribution in [2.45, 2.75) is 25.9 Å². The number of amidine groups is 1. The molecule has 9 nitrogen and oxygen atoms in total. The van der Waals surface area contributed by atoms with Gasteiger partial charge in [-0.25, -0.2) is 0 Å². The predicted octanol–water partition coefficient (Wildman–Crippen LogP) is 1.82. The van der Waals surface area contributed by atoms with Crippen LogP contribution >= 0.6 is 0 Å². The van der Waals surface area contributed by atoms with E-state index in [0.29, 0.717) is 43.9 Å². The van der Waals surface area contributed by atoms with E-state index in [-0.39, 0.29) is 18.0 Å². The molecule has 9 heteroatoms. The highest BCUT2D eigenvalue weighted by molar-refractivity contribution is 6.38. The number of aliphatic imine (C=N–C) groups is 1. The summed E-state index contributed by atoms with van der Waals surface area (Å²) in [6, 6.07) is 8.04. The van der Waals surface area contributed by atoms with Gasteiger partial charge in [-0.2, -0.15) is 4.98 Å². The summed E-state index contributed by atoms with van der Waals surface area (Å²) in [4.78, 5) is 26.8. The summed E-state index contributed by atoms with van der Waals surface area (Å²) in [7, 11) is 0. The first kappa shape index (κ1) is 17.9. The van der Waals surface area contributed by atoms with Gasteiger partial charge < -0.3 is 24.5 Å². The van der Waals surface area contributed by atoms with Crippen LogP contribution < -0.4 is 5.32 Å². The molecule has 1 saturated heterocycles. The van der Waals surface area contributed by atoms with Crippen LogP contribution in [0.25, 0.3) is 22.5 Å². The predicted molar refractivity (Wildman–Crippen MR) is 107 cm³/mol. The third-order valence-corrected chi connectivity index (χ3v) is 5.35. The molecule has 1 fully saturated rings. The molecular weight excluding hydrogens is 372 g/mol. The molecule has 0 saturated carbocycles. The van der Waals surface area contributed by atoms with Crippen molar-refractivity contribution in [2.75, 3.05) is 26.3 Å². The standard InChI is InChI=1S/C20H22N6O3/c1-11-17(24-18(21-11)20(27)26-5-7-28-8-6-26)13-3-4-15-14(9-13)10-16(23-15)19-22-12(2)25-29-19/h3-4,9-11,17,23H,5-8H2,1-2H3,(H,21,24). The molecule has 2 unspecified atom stereocenters. The Balaban J connectivity index is 1.42. The number of aryl methyl sites for hydroxylation is 1. The highest BCUT2D eigenvalue weighted by atomic mass is 16.5. The molecule has 1 aromatic carbocycles. The summed E-state index contributed by atoms with van der Waals surface area (Å²) in [5, 5.41) is 8.13. The van der Waals surface area contributed by atoms with E-state index >= 15 is 0 Å². The zero-order chi connectivity index (χ0) is 20.0. The van der Waals surface area contributed by atoms with Crippen molar-refractivity contribution in [3.8, 4) is 11.6 Å². The lowest BCUT2D eigenvalue weighted by Gasteiger charge is -2.26. The van der Waals surface area contributed by atoms with Gasteiger partial charge in [0.25, 0.3) is 11.8 Å². The Morgan fingerprint density at radius 2 is 2.07 bits per heavy atom. The van der Waals surface area contributed by atoms with Crippen molar-refractivity contribution in [1.82, 2.24) is 25.3 Å². The molecule has 150 valence electrons. The Bertz CT molecular complexity index is 1090. The minimum absolute atomic E-state index is 0.0319. The normalized spacial score (nSPS) is 22.0. The summed E-state index contributed by atoms with van der Waals surface area (Å²) < 4.78 is 10.6. The van der Waals surface area contributed by atoms with Gasteiger partial charge in [-0.3, -0.25) is 9.79 Å². The third-order valence-electron chi connectivity index (χ3n) is 5.35. The van der Waals surface area contributed by atoms with Gasteiger partial charge in [-0.05, 0) is 37.6 Å². The van der Waals surface area contributed by atoms with Crippen molar-refractivity contribution < 1.29 is 14.1 Å². The smallest absolute Gasteiger partial charge is 0.289 e. The quantitative estimate of drug-likeness (QED) is 0.701. The first-order valence-corrected chi connectivity index (χ1v) is 9.73. The van der Waals surface area contributed by atoms with E-state index < -0.39 is 0 Å². The Labute approximate surface area is 167 Å². The SMILES string of the molecule is Cc1noc(-c2cc3cc(C4N=C(C(=O)N5CCOCC5)NC4C)ccc3[nH]2)n1. The van der Waals surface area contributed by atoms with Crippen LogP contribution in [-0.2, 0) is 9.53 Å². The number of hydrogen-bond donors (Lipinski definition) is 2. The molecule has 2 aliphatic heterocycles. The van der Waals surface area contributed by atoms with E-state index in [1.54, 1.807) is 11.8 Å². The average molecular weight is 394 g/mol. The number of benzene rings is 1. The summed E-state index contributed by atoms with van der Waals surface area (Å²) >= 11 is 0. The van der Waals surface area contributed by atoms with Crippen LogP contribution in [0.4, 0.5) is 0 Å². The second-order valence-corrected chi connectivity index (χ2v) is 7.44. The number of hydrogen-bond acceptors (Lipinski definition) is 7. The number of rotatable bonds is 3. The largest absolute Gasteiger partial charge is 0.378 e. The monoisotopic (exact) mass is 394 g/mol. The summed E-state index contributed by atoms with van der Waals surface area (Å²) in [6.45, 7) is 6.18. The number of nitrogens with zero attached hydrogens (tertiary/aromatic N) is 4. The molecule has 3 aromatic rings. The van der Waals surface area contributed by atoms with E-state index in [4.69, 9.17) is 14.3 Å². The number of nitrogens with one attached hydrogen (secondary N) is 2. The highest BCUT2D eigenvalue weighted by Gasteiger charge is 2.32. The molecule has 2 atom stereocenters. The first-order valence-electron chi connectivity index (χ1n) is 9.73. The lowest BCUT2D eigenvalue weighted by atomic mass is 10.0. The molecule has 5 rings (SSSR count). The Hall–Kier alpha value is -3.20. The molecule has 0 radical (unpaired) electrons. The molecule has 2 aromatic heterocycles. The van der Waals surface area contributed by atoms with Gasteiger partial charge in [0.2, 0.25) is 0 Å². The van der Waals surface area contributed by atoms with Crippen molar-refractivity contribution in [2.24, 2.45) is 4.99 Å². The van der Waals surface area contributed by atoms with Crippen LogP contribution in [0.2, 0.25) is 0 Å². The average Bonchev–Trinajstić information content (AvgIpc) is 3.45. The summed E-state index contributed by atoms with van der Waals surface area (Å²) in [5.74, 6) is 1.43. The van der Waals surface area contributed by atoms with E-state index in [1.807, 2.05) is 25.1 Å². The second kappa shape index (κ2) is 7.00. The zero-order valence-electron chi connectivity index (χ0n) is 16.3. The number of ether oxygens (including phenoxy) is 1. The molecule has 2 aliphatic rings. The van der Waals surface area contributed by atoms with E-state index in [9.17, 15) is 4.79 Å². The number of aromatic nitrogens is 3. The first-order chi connectivity index (χ1) is 14.1. The Morgan fingerprint density at radius 1 is 1.24 bits per heavy atom. The number of carbonyl (C=O) groups excluding carboxylic acids is 1. The molecule has 0 spiro atoms. The number of H-pyrrole nitrogens is 1. The van der Waals surface area contributed by atoms with E-state index in [1.165, 1.54) is 0 Å². The third kappa shape index (κ3) is 3.27. The van der Waals surface area contributed by atoms with Gasteiger partial charge in [0.15, 0.2) is 11.7 Å². The van der Waals surface area contributed by atoms with Crippen LogP contribution in [0.5, 0.6) is 0 Å². The number of carbonyl (C=O) groups is 1. The Kier molecular flexibility index (Phi) is 4.31. The van der Waals surface area contributed by atoms with Crippen LogP contribution in [0.1, 0.15) is 24.4 Å². The lowest BCUT2D eigenvalue weighted by molar-refractivity contribution is -0.128. The Morgan fingerprint density at radius 3 is 2.83 bits per heavy atom. The topological polar surface area (TPSA) is 109 Å². The van der Waals surface area contributed by atoms with Crippen LogP contribution in [0.15, 0.2) is 33.8 Å². The summed E-state index contributed by atoms with van der Waals surface area (Å²) in [5.41, 5.74) is 2.81. The van der Waals surface area contributed by atoms with Crippen LogP contribution in [0.3, 0.4) is 0 Å². The minimum Gasteiger partial charge on any atom is -0.378 e. The number of fused-ring (bicyclic) bond motifs is 1. The molecule has 29 heavy (non-hydrogen) atoms. The minimum atomic E-state index is -0.122. The number of morpholine rings is 1. The lowest BCUT2D eigenvalue weighted by Crippen LogP contribution is -2.47. The molecule has 4 heterocycles. The zero-order valence-corrected chi connectivity index (χ0v) is 16.3. The molecule has 1 amide bonds. The van der Waals surface area contributed by atoms with Crippen molar-refractivity contribution in [1.29, 1.82) is 0 Å². The van der Waals surface area contributed by atoms with Gasteiger partial charge >= 0.3 is 0 Å². The highest BCUT2D eigenvalue weighted by Crippen LogP contribution is 2.30. The van der Waals surface area contributed by atoms with Crippen molar-refractivity contribution in [3.63, 3.8) is 0 Å². The molecular formula is C20H22N6O3. The van der Waals surface area contributed by atoms with Gasteiger partial charge in [0.05, 0.1) is 25.3 Å². The van der Waals surface area contributed by atoms with E-state index in [2.05, 4.69) is 26.5 Å². The second-order valence-electron chi connectivity index (χ2n) is 7.44.